The summed E-state index contributed by atoms with van der Waals surface area (Å²) in [6.07, 6.45) is 0.0664. The first kappa shape index (κ1) is 22.2. The van der Waals surface area contributed by atoms with Crippen molar-refractivity contribution in [3.05, 3.63) is 0 Å². The number of ketones is 1. The highest BCUT2D eigenvalue weighted by atomic mass is 16.5. The number of carbonyl (C=O) groups excluding carboxylic acids is 3. The van der Waals surface area contributed by atoms with Crippen molar-refractivity contribution in [1.29, 1.82) is 5.41 Å². The third-order valence-electron chi connectivity index (χ3n) is 4.41. The Balaban J connectivity index is 2.49. The summed E-state index contributed by atoms with van der Waals surface area (Å²) >= 11 is 0. The van der Waals surface area contributed by atoms with Crippen molar-refractivity contribution in [2.75, 3.05) is 53.5 Å². The van der Waals surface area contributed by atoms with Crippen molar-refractivity contribution in [3.8, 4) is 0 Å². The van der Waals surface area contributed by atoms with Crippen molar-refractivity contribution >= 4 is 23.9 Å². The van der Waals surface area contributed by atoms with Crippen LogP contribution in [0.3, 0.4) is 0 Å². The number of nitrogens with one attached hydrogen (secondary N) is 2. The first-order valence-corrected chi connectivity index (χ1v) is 8.81. The number of hydrogen-bond donors (Lipinski definition) is 2. The fraction of sp³-hybridized carbons (Fsp3) is 0.765. The number of carbonyl (C=O) groups is 3. The molecule has 0 aromatic rings. The molecule has 1 fully saturated rings. The Morgan fingerprint density at radius 2 is 1.88 bits per heavy atom. The van der Waals surface area contributed by atoms with Crippen LogP contribution in [0.25, 0.3) is 0 Å². The van der Waals surface area contributed by atoms with Gasteiger partial charge in [0.1, 0.15) is 18.8 Å². The van der Waals surface area contributed by atoms with Crippen LogP contribution in [-0.4, -0.2) is 99.3 Å². The largest absolute Gasteiger partial charge is 0.463 e. The quantitative estimate of drug-likeness (QED) is 0.365. The summed E-state index contributed by atoms with van der Waals surface area (Å²) in [5, 5.41) is 9.49. The molecular weight excluding hydrogens is 340 g/mol. The zero-order valence-corrected chi connectivity index (χ0v) is 15.8. The molecule has 1 aliphatic heterocycles. The Morgan fingerprint density at radius 3 is 2.46 bits per heavy atom. The van der Waals surface area contributed by atoms with Gasteiger partial charge < -0.3 is 25.1 Å². The number of hydrogen-bond acceptors (Lipinski definition) is 8. The maximum absolute atomic E-state index is 12.3. The Bertz CT molecular complexity index is 492. The van der Waals surface area contributed by atoms with Crippen LogP contribution in [-0.2, 0) is 23.9 Å². The summed E-state index contributed by atoms with van der Waals surface area (Å²) in [4.78, 5) is 40.1. The summed E-state index contributed by atoms with van der Waals surface area (Å²) in [5.74, 6) is -1.43. The molecule has 1 heterocycles. The molecule has 1 saturated heterocycles. The number of amides is 1. The molecule has 0 spiro atoms. The van der Waals surface area contributed by atoms with Gasteiger partial charge in [0, 0.05) is 46.3 Å². The zero-order chi connectivity index (χ0) is 19.5. The molecule has 0 unspecified atom stereocenters. The van der Waals surface area contributed by atoms with E-state index in [1.54, 1.807) is 6.92 Å². The number of rotatable bonds is 11. The topological polar surface area (TPSA) is 112 Å². The SMILES string of the molecule is CO[C@@H](C)C(=O)N[C@@H](CCC(=O)C=N)C(=O)OCCN1CCN(C)CC1. The van der Waals surface area contributed by atoms with Crippen LogP contribution in [0.15, 0.2) is 0 Å². The van der Waals surface area contributed by atoms with E-state index in [0.29, 0.717) is 12.8 Å². The van der Waals surface area contributed by atoms with Gasteiger partial charge in [0.25, 0.3) is 0 Å². The lowest BCUT2D eigenvalue weighted by Crippen LogP contribution is -2.47. The monoisotopic (exact) mass is 370 g/mol. The molecule has 2 atom stereocenters. The van der Waals surface area contributed by atoms with Crippen molar-refractivity contribution < 1.29 is 23.9 Å². The van der Waals surface area contributed by atoms with Gasteiger partial charge in [-0.2, -0.15) is 0 Å². The Labute approximate surface area is 154 Å². The molecule has 0 aromatic carbocycles. The average molecular weight is 370 g/mol. The van der Waals surface area contributed by atoms with Crippen LogP contribution in [0.1, 0.15) is 19.8 Å². The van der Waals surface area contributed by atoms with E-state index in [2.05, 4.69) is 22.2 Å². The minimum absolute atomic E-state index is 0.0105. The molecule has 0 saturated carbocycles. The summed E-state index contributed by atoms with van der Waals surface area (Å²) in [7, 11) is 3.47. The van der Waals surface area contributed by atoms with Gasteiger partial charge in [0.05, 0.1) is 6.21 Å². The second-order valence-electron chi connectivity index (χ2n) is 6.40. The van der Waals surface area contributed by atoms with Crippen LogP contribution in [0, 0.1) is 5.41 Å². The molecule has 1 amide bonds. The Morgan fingerprint density at radius 1 is 1.23 bits per heavy atom. The number of Topliss-reactive ketones (excluding diaryl/α,β-unsaturated/α-hetero) is 1. The molecule has 0 aromatic heterocycles. The molecule has 9 nitrogen and oxygen atoms in total. The third kappa shape index (κ3) is 8.03. The van der Waals surface area contributed by atoms with Crippen LogP contribution >= 0.6 is 0 Å². The molecule has 9 heteroatoms. The lowest BCUT2D eigenvalue weighted by atomic mass is 10.1. The van der Waals surface area contributed by atoms with E-state index in [1.165, 1.54) is 7.11 Å². The smallest absolute Gasteiger partial charge is 0.328 e. The maximum Gasteiger partial charge on any atom is 0.328 e. The van der Waals surface area contributed by atoms with Crippen molar-refractivity contribution in [1.82, 2.24) is 15.1 Å². The molecule has 0 radical (unpaired) electrons. The second kappa shape index (κ2) is 11.7. The standard InChI is InChI=1S/C17H30N4O5/c1-13(25-3)16(23)19-15(5-4-14(22)12-18)17(24)26-11-10-21-8-6-20(2)7-9-21/h12-13,15,18H,4-11H2,1-3H3,(H,19,23)/t13-,15-/m0/s1. The van der Waals surface area contributed by atoms with Crippen LogP contribution in [0.4, 0.5) is 0 Å². The number of ether oxygens (including phenoxy) is 2. The Hall–Kier alpha value is -1.84. The molecule has 1 rings (SSSR count). The average Bonchev–Trinajstić information content (AvgIpc) is 2.65. The van der Waals surface area contributed by atoms with Crippen LogP contribution in [0.5, 0.6) is 0 Å². The predicted molar refractivity (Wildman–Crippen MR) is 96.3 cm³/mol. The van der Waals surface area contributed by atoms with Gasteiger partial charge in [-0.15, -0.1) is 0 Å². The first-order valence-electron chi connectivity index (χ1n) is 8.81. The number of esters is 1. The highest BCUT2D eigenvalue weighted by Gasteiger charge is 2.25. The first-order chi connectivity index (χ1) is 12.4. The highest BCUT2D eigenvalue weighted by molar-refractivity contribution is 6.26. The molecule has 26 heavy (non-hydrogen) atoms. The molecule has 0 bridgehead atoms. The summed E-state index contributed by atoms with van der Waals surface area (Å²) in [5.41, 5.74) is 0. The third-order valence-corrected chi connectivity index (χ3v) is 4.41. The predicted octanol–water partition coefficient (Wildman–Crippen LogP) is -0.704. The normalized spacial score (nSPS) is 18.0. The van der Waals surface area contributed by atoms with E-state index in [4.69, 9.17) is 14.9 Å². The minimum atomic E-state index is -0.934. The molecule has 2 N–H and O–H groups in total. The fourth-order valence-electron chi connectivity index (χ4n) is 2.45. The maximum atomic E-state index is 12.3. The van der Waals surface area contributed by atoms with Crippen LogP contribution < -0.4 is 5.32 Å². The number of methoxy groups -OCH3 is 1. The van der Waals surface area contributed by atoms with E-state index in [0.717, 1.165) is 26.2 Å². The van der Waals surface area contributed by atoms with E-state index in [9.17, 15) is 14.4 Å². The lowest BCUT2D eigenvalue weighted by Gasteiger charge is -2.32. The Kier molecular flexibility index (Phi) is 10.0. The second-order valence-corrected chi connectivity index (χ2v) is 6.40. The molecule has 148 valence electrons. The molecule has 0 aliphatic carbocycles. The van der Waals surface area contributed by atoms with Gasteiger partial charge in [-0.25, -0.2) is 4.79 Å². The van der Waals surface area contributed by atoms with E-state index in [-0.39, 0.29) is 19.4 Å². The highest BCUT2D eigenvalue weighted by Crippen LogP contribution is 2.04. The number of likely N-dealkylation sites (N-methyl/N-ethyl adjacent to an activating group) is 1. The van der Waals surface area contributed by atoms with Crippen LogP contribution in [0.2, 0.25) is 0 Å². The summed E-state index contributed by atoms with van der Waals surface area (Å²) < 4.78 is 10.2. The number of piperazine rings is 1. The zero-order valence-electron chi connectivity index (χ0n) is 15.8. The van der Waals surface area contributed by atoms with Gasteiger partial charge in [0.15, 0.2) is 5.78 Å². The lowest BCUT2D eigenvalue weighted by molar-refractivity contribution is -0.149. The van der Waals surface area contributed by atoms with Gasteiger partial charge in [-0.1, -0.05) is 0 Å². The van der Waals surface area contributed by atoms with Gasteiger partial charge >= 0.3 is 5.97 Å². The molecule has 1 aliphatic rings. The summed E-state index contributed by atoms with van der Waals surface area (Å²) in [6.45, 7) is 6.23. The van der Waals surface area contributed by atoms with E-state index < -0.39 is 29.8 Å². The number of nitrogens with zero attached hydrogens (tertiary/aromatic N) is 2. The van der Waals surface area contributed by atoms with Crippen molar-refractivity contribution in [3.63, 3.8) is 0 Å². The fourth-order valence-corrected chi connectivity index (χ4v) is 2.45. The summed E-state index contributed by atoms with van der Waals surface area (Å²) in [6, 6.07) is -0.934. The van der Waals surface area contributed by atoms with Gasteiger partial charge in [-0.05, 0) is 20.4 Å². The van der Waals surface area contributed by atoms with Gasteiger partial charge in [-0.3, -0.25) is 14.5 Å². The minimum Gasteiger partial charge on any atom is -0.463 e. The van der Waals surface area contributed by atoms with Gasteiger partial charge in [0.2, 0.25) is 5.91 Å². The van der Waals surface area contributed by atoms with Crippen molar-refractivity contribution in [2.45, 2.75) is 31.9 Å². The van der Waals surface area contributed by atoms with E-state index >= 15 is 0 Å². The van der Waals surface area contributed by atoms with Crippen molar-refractivity contribution in [2.24, 2.45) is 0 Å². The molecular formula is C17H30N4O5. The van der Waals surface area contributed by atoms with E-state index in [1.807, 2.05) is 0 Å².